The van der Waals surface area contributed by atoms with Crippen molar-refractivity contribution in [1.29, 1.82) is 0 Å². The van der Waals surface area contributed by atoms with Gasteiger partial charge >= 0.3 is 5.97 Å². The van der Waals surface area contributed by atoms with Gasteiger partial charge < -0.3 is 9.47 Å². The zero-order valence-electron chi connectivity index (χ0n) is 19.8. The summed E-state index contributed by atoms with van der Waals surface area (Å²) in [4.78, 5) is 12.1. The number of hydrogen-bond acceptors (Lipinski definition) is 3. The van der Waals surface area contributed by atoms with E-state index in [1.54, 1.807) is 12.1 Å². The van der Waals surface area contributed by atoms with Crippen molar-refractivity contribution >= 4 is 5.97 Å². The van der Waals surface area contributed by atoms with Crippen LogP contribution in [0.2, 0.25) is 0 Å². The summed E-state index contributed by atoms with van der Waals surface area (Å²) in [5.41, 5.74) is 0.600. The summed E-state index contributed by atoms with van der Waals surface area (Å²) in [7, 11) is 0. The SMILES string of the molecule is CCCCCCCCCCCCCCCCOC(=O)c1ccc(OCCCC)cc1. The van der Waals surface area contributed by atoms with Crippen molar-refractivity contribution in [3.8, 4) is 5.75 Å². The van der Waals surface area contributed by atoms with Crippen molar-refractivity contribution in [2.45, 2.75) is 117 Å². The number of hydrogen-bond donors (Lipinski definition) is 0. The molecule has 30 heavy (non-hydrogen) atoms. The van der Waals surface area contributed by atoms with Crippen LogP contribution in [0, 0.1) is 0 Å². The van der Waals surface area contributed by atoms with Gasteiger partial charge in [0.05, 0.1) is 18.8 Å². The van der Waals surface area contributed by atoms with E-state index in [9.17, 15) is 4.79 Å². The molecule has 0 aliphatic heterocycles. The second-order valence-electron chi connectivity index (χ2n) is 8.46. The van der Waals surface area contributed by atoms with Gasteiger partial charge in [0.15, 0.2) is 0 Å². The fourth-order valence-electron chi connectivity index (χ4n) is 3.57. The summed E-state index contributed by atoms with van der Waals surface area (Å²) in [6.45, 7) is 5.66. The van der Waals surface area contributed by atoms with Gasteiger partial charge in [-0.15, -0.1) is 0 Å². The smallest absolute Gasteiger partial charge is 0.338 e. The summed E-state index contributed by atoms with van der Waals surface area (Å²) in [6.07, 6.45) is 20.8. The molecule has 0 fully saturated rings. The fraction of sp³-hybridized carbons (Fsp3) is 0.741. The third-order valence-corrected chi connectivity index (χ3v) is 5.59. The van der Waals surface area contributed by atoms with Gasteiger partial charge in [-0.1, -0.05) is 104 Å². The molecule has 0 aliphatic rings. The average molecular weight is 419 g/mol. The molecule has 0 aliphatic carbocycles. The first kappa shape index (κ1) is 26.5. The van der Waals surface area contributed by atoms with Crippen molar-refractivity contribution in [3.63, 3.8) is 0 Å². The Balaban J connectivity index is 1.91. The van der Waals surface area contributed by atoms with Crippen molar-refractivity contribution < 1.29 is 14.3 Å². The highest BCUT2D eigenvalue weighted by Gasteiger charge is 2.07. The van der Waals surface area contributed by atoms with E-state index < -0.39 is 0 Å². The molecule has 172 valence electrons. The first-order valence-corrected chi connectivity index (χ1v) is 12.7. The fourth-order valence-corrected chi connectivity index (χ4v) is 3.57. The number of carbonyl (C=O) groups excluding carboxylic acids is 1. The number of esters is 1. The molecule has 0 amide bonds. The van der Waals surface area contributed by atoms with E-state index in [1.165, 1.54) is 77.0 Å². The molecule has 0 aromatic heterocycles. The molecule has 3 heteroatoms. The van der Waals surface area contributed by atoms with E-state index in [4.69, 9.17) is 9.47 Å². The maximum Gasteiger partial charge on any atom is 0.338 e. The van der Waals surface area contributed by atoms with Crippen molar-refractivity contribution in [1.82, 2.24) is 0 Å². The van der Waals surface area contributed by atoms with Gasteiger partial charge in [-0.25, -0.2) is 4.79 Å². The molecule has 1 aromatic rings. The molecule has 0 radical (unpaired) electrons. The Morgan fingerprint density at radius 3 is 1.57 bits per heavy atom. The maximum atomic E-state index is 12.1. The second-order valence-corrected chi connectivity index (χ2v) is 8.46. The van der Waals surface area contributed by atoms with Crippen LogP contribution in [0.15, 0.2) is 24.3 Å². The largest absolute Gasteiger partial charge is 0.494 e. The standard InChI is InChI=1S/C27H46O3/c1-3-5-7-8-9-10-11-12-13-14-15-16-17-18-24-30-27(28)25-19-21-26(22-20-25)29-23-6-4-2/h19-22H,3-18,23-24H2,1-2H3. The van der Waals surface area contributed by atoms with Crippen LogP contribution in [0.5, 0.6) is 5.75 Å². The minimum atomic E-state index is -0.232. The van der Waals surface area contributed by atoms with Crippen molar-refractivity contribution in [2.75, 3.05) is 13.2 Å². The van der Waals surface area contributed by atoms with E-state index in [0.29, 0.717) is 12.2 Å². The van der Waals surface area contributed by atoms with Gasteiger partial charge in [-0.2, -0.15) is 0 Å². The normalized spacial score (nSPS) is 10.9. The molecule has 1 aromatic carbocycles. The molecule has 0 bridgehead atoms. The average Bonchev–Trinajstić information content (AvgIpc) is 2.77. The lowest BCUT2D eigenvalue weighted by atomic mass is 10.0. The Morgan fingerprint density at radius 2 is 1.07 bits per heavy atom. The van der Waals surface area contributed by atoms with Crippen LogP contribution in [0.3, 0.4) is 0 Å². The van der Waals surface area contributed by atoms with Gasteiger partial charge in [0, 0.05) is 0 Å². The van der Waals surface area contributed by atoms with Gasteiger partial charge in [-0.05, 0) is 37.1 Å². The second kappa shape index (κ2) is 19.5. The number of ether oxygens (including phenoxy) is 2. The first-order valence-electron chi connectivity index (χ1n) is 12.7. The van der Waals surface area contributed by atoms with E-state index in [-0.39, 0.29) is 5.97 Å². The summed E-state index contributed by atoms with van der Waals surface area (Å²) in [6, 6.07) is 7.26. The maximum absolute atomic E-state index is 12.1. The molecule has 0 saturated carbocycles. The Hall–Kier alpha value is -1.51. The van der Waals surface area contributed by atoms with E-state index in [0.717, 1.165) is 38.0 Å². The highest BCUT2D eigenvalue weighted by Crippen LogP contribution is 2.15. The molecule has 3 nitrogen and oxygen atoms in total. The molecule has 0 saturated heterocycles. The Kier molecular flexibility index (Phi) is 17.2. The summed E-state index contributed by atoms with van der Waals surface area (Å²) < 4.78 is 11.0. The lowest BCUT2D eigenvalue weighted by molar-refractivity contribution is 0.0497. The number of benzene rings is 1. The monoisotopic (exact) mass is 418 g/mol. The molecular formula is C27H46O3. The lowest BCUT2D eigenvalue weighted by Gasteiger charge is -2.07. The van der Waals surface area contributed by atoms with Crippen LogP contribution in [-0.2, 0) is 4.74 Å². The predicted molar refractivity (Wildman–Crippen MR) is 127 cm³/mol. The van der Waals surface area contributed by atoms with Gasteiger partial charge in [0.25, 0.3) is 0 Å². The van der Waals surface area contributed by atoms with Gasteiger partial charge in [-0.3, -0.25) is 0 Å². The third-order valence-electron chi connectivity index (χ3n) is 5.59. The third kappa shape index (κ3) is 14.5. The van der Waals surface area contributed by atoms with Crippen LogP contribution in [0.25, 0.3) is 0 Å². The van der Waals surface area contributed by atoms with E-state index >= 15 is 0 Å². The van der Waals surface area contributed by atoms with E-state index in [1.807, 2.05) is 12.1 Å². The highest BCUT2D eigenvalue weighted by atomic mass is 16.5. The molecular weight excluding hydrogens is 372 g/mol. The molecule has 0 unspecified atom stereocenters. The quantitative estimate of drug-likeness (QED) is 0.157. The van der Waals surface area contributed by atoms with E-state index in [2.05, 4.69) is 13.8 Å². The molecule has 0 N–H and O–H groups in total. The minimum absolute atomic E-state index is 0.232. The summed E-state index contributed by atoms with van der Waals surface area (Å²) in [5.74, 6) is 0.580. The van der Waals surface area contributed by atoms with Gasteiger partial charge in [0.2, 0.25) is 0 Å². The predicted octanol–water partition coefficient (Wildman–Crippen LogP) is 8.50. The molecule has 0 heterocycles. The lowest BCUT2D eigenvalue weighted by Crippen LogP contribution is -2.06. The Bertz CT molecular complexity index is 509. The van der Waals surface area contributed by atoms with Crippen molar-refractivity contribution in [2.24, 2.45) is 0 Å². The Labute approximate surface area is 185 Å². The highest BCUT2D eigenvalue weighted by molar-refractivity contribution is 5.89. The van der Waals surface area contributed by atoms with Crippen LogP contribution in [0.4, 0.5) is 0 Å². The number of rotatable bonds is 20. The van der Waals surface area contributed by atoms with Crippen molar-refractivity contribution in [3.05, 3.63) is 29.8 Å². The molecule has 0 atom stereocenters. The van der Waals surface area contributed by atoms with Crippen LogP contribution in [-0.4, -0.2) is 19.2 Å². The van der Waals surface area contributed by atoms with Crippen LogP contribution in [0.1, 0.15) is 127 Å². The Morgan fingerprint density at radius 1 is 0.600 bits per heavy atom. The number of unbranched alkanes of at least 4 members (excludes halogenated alkanes) is 14. The number of carbonyl (C=O) groups is 1. The zero-order chi connectivity index (χ0) is 21.7. The van der Waals surface area contributed by atoms with Gasteiger partial charge in [0.1, 0.15) is 5.75 Å². The van der Waals surface area contributed by atoms with Crippen LogP contribution >= 0.6 is 0 Å². The minimum Gasteiger partial charge on any atom is -0.494 e. The van der Waals surface area contributed by atoms with Crippen LogP contribution < -0.4 is 4.74 Å². The summed E-state index contributed by atoms with van der Waals surface area (Å²) >= 11 is 0. The summed E-state index contributed by atoms with van der Waals surface area (Å²) in [5, 5.41) is 0. The first-order chi connectivity index (χ1) is 14.8. The topological polar surface area (TPSA) is 35.5 Å². The molecule has 1 rings (SSSR count). The molecule has 0 spiro atoms. The zero-order valence-corrected chi connectivity index (χ0v) is 19.8.